The maximum absolute atomic E-state index is 13.1. The van der Waals surface area contributed by atoms with Crippen molar-refractivity contribution in [2.45, 2.75) is 31.8 Å². The van der Waals surface area contributed by atoms with E-state index >= 15 is 0 Å². The van der Waals surface area contributed by atoms with Crippen LogP contribution in [0.1, 0.15) is 57.2 Å². The number of ether oxygens (including phenoxy) is 2. The zero-order valence-electron chi connectivity index (χ0n) is 15.3. The second-order valence-corrected chi connectivity index (χ2v) is 6.91. The standard InChI is InChI=1S/C22H18O6/c1-2-27-21(26)22(11-10-17(23)28-22)12-13-6-5-9-16-18(13)20(25)15-8-4-3-7-14(15)19(16)24/h3-9H,2,10-12H2,1H3. The molecule has 2 aliphatic rings. The van der Waals surface area contributed by atoms with Crippen molar-refractivity contribution in [2.75, 3.05) is 6.61 Å². The lowest BCUT2D eigenvalue weighted by Crippen LogP contribution is -2.43. The maximum Gasteiger partial charge on any atom is 0.350 e. The third kappa shape index (κ3) is 2.72. The summed E-state index contributed by atoms with van der Waals surface area (Å²) >= 11 is 0. The Bertz CT molecular complexity index is 1020. The van der Waals surface area contributed by atoms with Gasteiger partial charge in [0.05, 0.1) is 6.61 Å². The summed E-state index contributed by atoms with van der Waals surface area (Å²) in [7, 11) is 0. The summed E-state index contributed by atoms with van der Waals surface area (Å²) in [6.45, 7) is 1.82. The number of ketones is 2. The number of cyclic esters (lactones) is 1. The monoisotopic (exact) mass is 378 g/mol. The van der Waals surface area contributed by atoms with Gasteiger partial charge in [-0.3, -0.25) is 14.4 Å². The van der Waals surface area contributed by atoms with E-state index in [2.05, 4.69) is 0 Å². The smallest absolute Gasteiger partial charge is 0.350 e. The molecule has 1 aliphatic heterocycles. The van der Waals surface area contributed by atoms with Gasteiger partial charge in [0.25, 0.3) is 0 Å². The topological polar surface area (TPSA) is 86.7 Å². The average Bonchev–Trinajstić information content (AvgIpc) is 3.08. The zero-order chi connectivity index (χ0) is 19.9. The summed E-state index contributed by atoms with van der Waals surface area (Å²) < 4.78 is 10.5. The molecule has 0 aromatic heterocycles. The van der Waals surface area contributed by atoms with Crippen molar-refractivity contribution < 1.29 is 28.7 Å². The molecular formula is C22H18O6. The largest absolute Gasteiger partial charge is 0.463 e. The Hall–Kier alpha value is -3.28. The van der Waals surface area contributed by atoms with Gasteiger partial charge in [0.2, 0.25) is 5.60 Å². The Kier molecular flexibility index (Phi) is 4.34. The van der Waals surface area contributed by atoms with E-state index in [0.29, 0.717) is 22.3 Å². The molecule has 1 aliphatic carbocycles. The first-order chi connectivity index (χ1) is 13.5. The first kappa shape index (κ1) is 18.1. The second-order valence-electron chi connectivity index (χ2n) is 6.91. The van der Waals surface area contributed by atoms with Crippen molar-refractivity contribution >= 4 is 23.5 Å². The minimum atomic E-state index is -1.47. The fourth-order valence-electron chi connectivity index (χ4n) is 3.90. The molecule has 1 heterocycles. The van der Waals surface area contributed by atoms with Crippen LogP contribution in [-0.2, 0) is 25.5 Å². The molecule has 142 valence electrons. The Morgan fingerprint density at radius 1 is 1.00 bits per heavy atom. The van der Waals surface area contributed by atoms with Crippen LogP contribution in [0.5, 0.6) is 0 Å². The van der Waals surface area contributed by atoms with Crippen molar-refractivity contribution in [2.24, 2.45) is 0 Å². The lowest BCUT2D eigenvalue weighted by Gasteiger charge is -2.27. The fourth-order valence-corrected chi connectivity index (χ4v) is 3.90. The molecule has 1 fully saturated rings. The highest BCUT2D eigenvalue weighted by molar-refractivity contribution is 6.28. The number of benzene rings is 2. The average molecular weight is 378 g/mol. The van der Waals surface area contributed by atoms with Gasteiger partial charge in [0, 0.05) is 41.5 Å². The Morgan fingerprint density at radius 3 is 2.32 bits per heavy atom. The molecule has 0 radical (unpaired) electrons. The van der Waals surface area contributed by atoms with Gasteiger partial charge in [-0.1, -0.05) is 42.5 Å². The van der Waals surface area contributed by atoms with E-state index in [9.17, 15) is 19.2 Å². The summed E-state index contributed by atoms with van der Waals surface area (Å²) in [5.74, 6) is -1.62. The lowest BCUT2D eigenvalue weighted by atomic mass is 9.79. The van der Waals surface area contributed by atoms with Crippen molar-refractivity contribution in [3.8, 4) is 0 Å². The van der Waals surface area contributed by atoms with Crippen LogP contribution in [0.2, 0.25) is 0 Å². The van der Waals surface area contributed by atoms with Crippen LogP contribution in [-0.4, -0.2) is 35.7 Å². The van der Waals surface area contributed by atoms with Gasteiger partial charge in [-0.25, -0.2) is 4.79 Å². The van der Waals surface area contributed by atoms with Crippen molar-refractivity contribution in [1.29, 1.82) is 0 Å². The van der Waals surface area contributed by atoms with Gasteiger partial charge < -0.3 is 9.47 Å². The van der Waals surface area contributed by atoms with E-state index in [-0.39, 0.29) is 43.0 Å². The molecule has 1 atom stereocenters. The third-order valence-corrected chi connectivity index (χ3v) is 5.20. The summed E-state index contributed by atoms with van der Waals surface area (Å²) in [4.78, 5) is 50.4. The van der Waals surface area contributed by atoms with Gasteiger partial charge in [-0.05, 0) is 12.5 Å². The van der Waals surface area contributed by atoms with Gasteiger partial charge >= 0.3 is 11.9 Å². The normalized spacial score (nSPS) is 20.4. The summed E-state index contributed by atoms with van der Waals surface area (Å²) in [6.07, 6.45) is 0.262. The van der Waals surface area contributed by atoms with Crippen LogP contribution >= 0.6 is 0 Å². The molecule has 1 unspecified atom stereocenters. The molecule has 4 rings (SSSR count). The molecular weight excluding hydrogens is 360 g/mol. The van der Waals surface area contributed by atoms with Gasteiger partial charge in [0.1, 0.15) is 0 Å². The Labute approximate surface area is 161 Å². The fraction of sp³-hybridized carbons (Fsp3) is 0.273. The van der Waals surface area contributed by atoms with Crippen LogP contribution in [0.15, 0.2) is 42.5 Å². The number of carbonyl (C=O) groups excluding carboxylic acids is 4. The number of hydrogen-bond acceptors (Lipinski definition) is 6. The van der Waals surface area contributed by atoms with Gasteiger partial charge in [-0.2, -0.15) is 0 Å². The number of carbonyl (C=O) groups is 4. The van der Waals surface area contributed by atoms with E-state index in [1.807, 2.05) is 0 Å². The van der Waals surface area contributed by atoms with Gasteiger partial charge in [-0.15, -0.1) is 0 Å². The summed E-state index contributed by atoms with van der Waals surface area (Å²) in [5, 5.41) is 0. The lowest BCUT2D eigenvalue weighted by molar-refractivity contribution is -0.174. The first-order valence-corrected chi connectivity index (χ1v) is 9.16. The van der Waals surface area contributed by atoms with Crippen LogP contribution in [0.3, 0.4) is 0 Å². The van der Waals surface area contributed by atoms with Crippen molar-refractivity contribution in [3.05, 3.63) is 70.3 Å². The maximum atomic E-state index is 13.1. The summed E-state index contributed by atoms with van der Waals surface area (Å²) in [6, 6.07) is 11.6. The zero-order valence-corrected chi connectivity index (χ0v) is 15.3. The molecule has 0 spiro atoms. The molecule has 6 heteroatoms. The molecule has 0 bridgehead atoms. The molecule has 1 saturated heterocycles. The minimum Gasteiger partial charge on any atom is -0.463 e. The molecule has 0 N–H and O–H groups in total. The molecule has 0 amide bonds. The van der Waals surface area contributed by atoms with Crippen molar-refractivity contribution in [1.82, 2.24) is 0 Å². The molecule has 6 nitrogen and oxygen atoms in total. The molecule has 28 heavy (non-hydrogen) atoms. The predicted molar refractivity (Wildman–Crippen MR) is 98.1 cm³/mol. The van der Waals surface area contributed by atoms with E-state index in [0.717, 1.165) is 0 Å². The highest BCUT2D eigenvalue weighted by Crippen LogP contribution is 2.36. The third-order valence-electron chi connectivity index (χ3n) is 5.20. The first-order valence-electron chi connectivity index (χ1n) is 9.16. The van der Waals surface area contributed by atoms with E-state index in [4.69, 9.17) is 9.47 Å². The Morgan fingerprint density at radius 2 is 1.68 bits per heavy atom. The van der Waals surface area contributed by atoms with E-state index in [1.54, 1.807) is 49.4 Å². The Balaban J connectivity index is 1.80. The molecule has 2 aromatic rings. The highest BCUT2D eigenvalue weighted by Gasteiger charge is 2.49. The summed E-state index contributed by atoms with van der Waals surface area (Å²) in [5.41, 5.74) is 0.281. The molecule has 2 aromatic carbocycles. The second kappa shape index (κ2) is 6.71. The van der Waals surface area contributed by atoms with Crippen LogP contribution in [0, 0.1) is 0 Å². The number of hydrogen-bond donors (Lipinski definition) is 0. The molecule has 0 saturated carbocycles. The SMILES string of the molecule is CCOC(=O)C1(Cc2cccc3c2C(=O)c2ccccc2C3=O)CCC(=O)O1. The number of rotatable bonds is 4. The quantitative estimate of drug-likeness (QED) is 0.649. The van der Waals surface area contributed by atoms with E-state index in [1.165, 1.54) is 0 Å². The minimum absolute atomic E-state index is 0.0120. The number of esters is 2. The number of fused-ring (bicyclic) bond motifs is 2. The highest BCUT2D eigenvalue weighted by atomic mass is 16.6. The van der Waals surface area contributed by atoms with Gasteiger partial charge in [0.15, 0.2) is 11.6 Å². The van der Waals surface area contributed by atoms with Crippen molar-refractivity contribution in [3.63, 3.8) is 0 Å². The predicted octanol–water partition coefficient (Wildman–Crippen LogP) is 2.64. The van der Waals surface area contributed by atoms with E-state index < -0.39 is 17.5 Å². The van der Waals surface area contributed by atoms with Crippen LogP contribution < -0.4 is 0 Å². The van der Waals surface area contributed by atoms with Crippen LogP contribution in [0.4, 0.5) is 0 Å². The van der Waals surface area contributed by atoms with Crippen LogP contribution in [0.25, 0.3) is 0 Å².